The van der Waals surface area contributed by atoms with Crippen LogP contribution < -0.4 is 10.1 Å². The van der Waals surface area contributed by atoms with Crippen LogP contribution in [0.2, 0.25) is 0 Å². The van der Waals surface area contributed by atoms with E-state index in [-0.39, 0.29) is 10.8 Å². The van der Waals surface area contributed by atoms with E-state index in [9.17, 15) is 13.2 Å². The average Bonchev–Trinajstić information content (AvgIpc) is 3.21. The first kappa shape index (κ1) is 20.4. The Kier molecular flexibility index (Phi) is 6.05. The Hall–Kier alpha value is -2.38. The minimum Gasteiger partial charge on any atom is -0.481 e. The molecule has 0 saturated carbocycles. The number of amides is 1. The standard InChI is InChI=1S/C21H26N2O4S/c1-15-6-9-19(14-16(15)2)27-17(3)21(24)22-18-7-10-20(11-8-18)28(25,26)23-12-4-5-13-23/h6-11,14,17H,4-5,12-13H2,1-3H3,(H,22,24)/t17-/m0/s1. The summed E-state index contributed by atoms with van der Waals surface area (Å²) in [4.78, 5) is 12.6. The third-order valence-corrected chi connectivity index (χ3v) is 6.90. The normalized spacial score (nSPS) is 16.0. The molecule has 0 radical (unpaired) electrons. The van der Waals surface area contributed by atoms with E-state index in [1.54, 1.807) is 19.1 Å². The molecule has 150 valence electrons. The summed E-state index contributed by atoms with van der Waals surface area (Å²) in [6.45, 7) is 6.81. The molecule has 0 bridgehead atoms. The van der Waals surface area contributed by atoms with Gasteiger partial charge in [0.25, 0.3) is 5.91 Å². The van der Waals surface area contributed by atoms with Gasteiger partial charge in [-0.15, -0.1) is 0 Å². The van der Waals surface area contributed by atoms with Gasteiger partial charge in [-0.25, -0.2) is 8.42 Å². The van der Waals surface area contributed by atoms with Crippen LogP contribution in [0, 0.1) is 13.8 Å². The number of sulfonamides is 1. The lowest BCUT2D eigenvalue weighted by Crippen LogP contribution is -2.30. The van der Waals surface area contributed by atoms with Crippen LogP contribution in [0.15, 0.2) is 47.4 Å². The maximum atomic E-state index is 12.5. The van der Waals surface area contributed by atoms with Gasteiger partial charge in [0.2, 0.25) is 10.0 Å². The van der Waals surface area contributed by atoms with Gasteiger partial charge in [-0.3, -0.25) is 4.79 Å². The van der Waals surface area contributed by atoms with Crippen LogP contribution in [-0.2, 0) is 14.8 Å². The zero-order valence-corrected chi connectivity index (χ0v) is 17.3. The lowest BCUT2D eigenvalue weighted by Gasteiger charge is -2.17. The number of hydrogen-bond acceptors (Lipinski definition) is 4. The highest BCUT2D eigenvalue weighted by Gasteiger charge is 2.27. The molecule has 1 heterocycles. The Morgan fingerprint density at radius 3 is 2.29 bits per heavy atom. The molecule has 1 amide bonds. The second-order valence-electron chi connectivity index (χ2n) is 7.13. The van der Waals surface area contributed by atoms with E-state index in [0.717, 1.165) is 24.0 Å². The Bertz CT molecular complexity index is 949. The fourth-order valence-corrected chi connectivity index (χ4v) is 4.59. The van der Waals surface area contributed by atoms with E-state index in [4.69, 9.17) is 4.74 Å². The highest BCUT2D eigenvalue weighted by Crippen LogP contribution is 2.23. The summed E-state index contributed by atoms with van der Waals surface area (Å²) >= 11 is 0. The summed E-state index contributed by atoms with van der Waals surface area (Å²) in [7, 11) is -3.45. The SMILES string of the molecule is Cc1ccc(O[C@@H](C)C(=O)Nc2ccc(S(=O)(=O)N3CCCC3)cc2)cc1C. The molecule has 0 spiro atoms. The van der Waals surface area contributed by atoms with Gasteiger partial charge in [0, 0.05) is 18.8 Å². The minimum atomic E-state index is -3.45. The van der Waals surface area contributed by atoms with Crippen molar-refractivity contribution in [3.8, 4) is 5.75 Å². The van der Waals surface area contributed by atoms with E-state index < -0.39 is 16.1 Å². The molecule has 6 nitrogen and oxygen atoms in total. The quantitative estimate of drug-likeness (QED) is 0.802. The van der Waals surface area contributed by atoms with Crippen molar-refractivity contribution in [1.29, 1.82) is 0 Å². The van der Waals surface area contributed by atoms with Gasteiger partial charge in [0.1, 0.15) is 5.75 Å². The number of nitrogens with one attached hydrogen (secondary N) is 1. The van der Waals surface area contributed by atoms with Gasteiger partial charge in [0.05, 0.1) is 4.90 Å². The maximum absolute atomic E-state index is 12.5. The molecule has 0 aromatic heterocycles. The molecule has 1 N–H and O–H groups in total. The van der Waals surface area contributed by atoms with Crippen LogP contribution in [0.4, 0.5) is 5.69 Å². The van der Waals surface area contributed by atoms with E-state index in [1.807, 2.05) is 32.0 Å². The fraction of sp³-hybridized carbons (Fsp3) is 0.381. The first-order valence-electron chi connectivity index (χ1n) is 9.42. The van der Waals surface area contributed by atoms with Crippen LogP contribution in [0.25, 0.3) is 0 Å². The number of aryl methyl sites for hydroxylation is 2. The molecule has 1 saturated heterocycles. The van der Waals surface area contributed by atoms with Crippen molar-refractivity contribution in [3.05, 3.63) is 53.6 Å². The Morgan fingerprint density at radius 2 is 1.68 bits per heavy atom. The third-order valence-electron chi connectivity index (χ3n) is 4.99. The van der Waals surface area contributed by atoms with E-state index in [0.29, 0.717) is 24.5 Å². The number of hydrogen-bond donors (Lipinski definition) is 1. The monoisotopic (exact) mass is 402 g/mol. The van der Waals surface area contributed by atoms with Crippen LogP contribution in [-0.4, -0.2) is 37.8 Å². The number of ether oxygens (including phenoxy) is 1. The second kappa shape index (κ2) is 8.32. The molecule has 2 aromatic rings. The molecule has 1 fully saturated rings. The fourth-order valence-electron chi connectivity index (χ4n) is 3.08. The number of carbonyl (C=O) groups is 1. The average molecular weight is 403 g/mol. The number of anilines is 1. The lowest BCUT2D eigenvalue weighted by molar-refractivity contribution is -0.122. The molecular formula is C21H26N2O4S. The first-order valence-corrected chi connectivity index (χ1v) is 10.9. The summed E-state index contributed by atoms with van der Waals surface area (Å²) in [6, 6.07) is 11.9. The summed E-state index contributed by atoms with van der Waals surface area (Å²) in [5.41, 5.74) is 2.79. The van der Waals surface area contributed by atoms with Gasteiger partial charge in [-0.1, -0.05) is 6.07 Å². The molecule has 3 rings (SSSR count). The Morgan fingerprint density at radius 1 is 1.04 bits per heavy atom. The van der Waals surface area contributed by atoms with Crippen LogP contribution in [0.3, 0.4) is 0 Å². The van der Waals surface area contributed by atoms with Crippen molar-refractivity contribution < 1.29 is 17.9 Å². The molecule has 28 heavy (non-hydrogen) atoms. The smallest absolute Gasteiger partial charge is 0.265 e. The third kappa shape index (κ3) is 4.54. The zero-order valence-electron chi connectivity index (χ0n) is 16.4. The largest absolute Gasteiger partial charge is 0.481 e. The van der Waals surface area contributed by atoms with Crippen molar-refractivity contribution in [2.45, 2.75) is 44.6 Å². The van der Waals surface area contributed by atoms with Crippen LogP contribution in [0.5, 0.6) is 5.75 Å². The molecule has 1 aliphatic rings. The Balaban J connectivity index is 1.62. The summed E-state index contributed by atoms with van der Waals surface area (Å²) in [5.74, 6) is 0.339. The number of benzene rings is 2. The summed E-state index contributed by atoms with van der Waals surface area (Å²) in [5, 5.41) is 2.76. The van der Waals surface area contributed by atoms with Crippen molar-refractivity contribution in [2.24, 2.45) is 0 Å². The molecular weight excluding hydrogens is 376 g/mol. The lowest BCUT2D eigenvalue weighted by atomic mass is 10.1. The molecule has 0 aliphatic carbocycles. The molecule has 1 aliphatic heterocycles. The predicted molar refractivity (Wildman–Crippen MR) is 109 cm³/mol. The number of rotatable bonds is 6. The van der Waals surface area contributed by atoms with Gasteiger partial charge >= 0.3 is 0 Å². The van der Waals surface area contributed by atoms with E-state index >= 15 is 0 Å². The topological polar surface area (TPSA) is 75.7 Å². The van der Waals surface area contributed by atoms with Gasteiger partial charge in [-0.05, 0) is 81.1 Å². The van der Waals surface area contributed by atoms with Crippen LogP contribution >= 0.6 is 0 Å². The van der Waals surface area contributed by atoms with E-state index in [1.165, 1.54) is 16.4 Å². The summed E-state index contributed by atoms with van der Waals surface area (Å²) < 4.78 is 32.3. The van der Waals surface area contributed by atoms with Crippen molar-refractivity contribution in [3.63, 3.8) is 0 Å². The van der Waals surface area contributed by atoms with Gasteiger partial charge in [0.15, 0.2) is 6.10 Å². The summed E-state index contributed by atoms with van der Waals surface area (Å²) in [6.07, 6.45) is 1.10. The van der Waals surface area contributed by atoms with Crippen molar-refractivity contribution in [2.75, 3.05) is 18.4 Å². The highest BCUT2D eigenvalue weighted by atomic mass is 32.2. The maximum Gasteiger partial charge on any atom is 0.265 e. The predicted octanol–water partition coefficient (Wildman–Crippen LogP) is 3.49. The number of nitrogens with zero attached hydrogens (tertiary/aromatic N) is 1. The number of carbonyl (C=O) groups excluding carboxylic acids is 1. The van der Waals surface area contributed by atoms with E-state index in [2.05, 4.69) is 5.32 Å². The van der Waals surface area contributed by atoms with Crippen molar-refractivity contribution >= 4 is 21.6 Å². The van der Waals surface area contributed by atoms with Gasteiger partial charge < -0.3 is 10.1 Å². The molecule has 2 aromatic carbocycles. The molecule has 1 atom stereocenters. The zero-order chi connectivity index (χ0) is 20.3. The second-order valence-corrected chi connectivity index (χ2v) is 9.07. The molecule has 7 heteroatoms. The highest BCUT2D eigenvalue weighted by molar-refractivity contribution is 7.89. The Labute approximate surface area is 166 Å². The minimum absolute atomic E-state index is 0.242. The van der Waals surface area contributed by atoms with Crippen LogP contribution in [0.1, 0.15) is 30.9 Å². The van der Waals surface area contributed by atoms with Crippen molar-refractivity contribution in [1.82, 2.24) is 4.31 Å². The molecule has 0 unspecified atom stereocenters. The first-order chi connectivity index (χ1) is 13.3. The van der Waals surface area contributed by atoms with Gasteiger partial charge in [-0.2, -0.15) is 4.31 Å².